The van der Waals surface area contributed by atoms with Gasteiger partial charge in [0, 0.05) is 23.3 Å². The molecule has 0 bridgehead atoms. The second-order valence-corrected chi connectivity index (χ2v) is 5.65. The minimum Gasteiger partial charge on any atom is -0.508 e. The van der Waals surface area contributed by atoms with E-state index in [1.54, 1.807) is 24.3 Å². The first kappa shape index (κ1) is 12.9. The first-order valence-corrected chi connectivity index (χ1v) is 7.28. The zero-order chi connectivity index (χ0) is 15.3. The van der Waals surface area contributed by atoms with Gasteiger partial charge in [-0.3, -0.25) is 19.8 Å². The molecule has 1 aliphatic carbocycles. The van der Waals surface area contributed by atoms with E-state index in [1.807, 2.05) is 0 Å². The van der Waals surface area contributed by atoms with Crippen LogP contribution in [0.4, 0.5) is 5.82 Å². The van der Waals surface area contributed by atoms with Crippen molar-refractivity contribution in [3.63, 3.8) is 0 Å². The van der Waals surface area contributed by atoms with E-state index in [0.717, 1.165) is 18.5 Å². The number of phenolic OH excluding ortho intramolecular Hbond substituents is 1. The van der Waals surface area contributed by atoms with Crippen LogP contribution in [0, 0.1) is 0 Å². The van der Waals surface area contributed by atoms with Crippen LogP contribution in [-0.2, 0) is 4.79 Å². The van der Waals surface area contributed by atoms with Crippen LogP contribution in [-0.4, -0.2) is 21.1 Å². The van der Waals surface area contributed by atoms with Crippen LogP contribution in [0.1, 0.15) is 36.3 Å². The number of phenols is 1. The summed E-state index contributed by atoms with van der Waals surface area (Å²) in [5.74, 6) is 0.168. The molecule has 2 heterocycles. The number of anilines is 1. The van der Waals surface area contributed by atoms with Gasteiger partial charge < -0.3 is 10.4 Å². The lowest BCUT2D eigenvalue weighted by molar-refractivity contribution is -0.116. The highest BCUT2D eigenvalue weighted by Crippen LogP contribution is 2.45. The summed E-state index contributed by atoms with van der Waals surface area (Å²) in [5, 5.41) is 18.8. The molecule has 22 heavy (non-hydrogen) atoms. The van der Waals surface area contributed by atoms with Crippen LogP contribution in [0.3, 0.4) is 0 Å². The van der Waals surface area contributed by atoms with Crippen LogP contribution in [0.25, 0.3) is 0 Å². The number of H-pyrrole nitrogens is 2. The highest BCUT2D eigenvalue weighted by molar-refractivity contribution is 6.01. The van der Waals surface area contributed by atoms with Crippen LogP contribution in [0.2, 0.25) is 0 Å². The number of allylic oxidation sites excluding steroid dienone is 2. The van der Waals surface area contributed by atoms with E-state index in [-0.39, 0.29) is 17.1 Å². The Labute approximate surface area is 125 Å². The molecule has 6 heteroatoms. The van der Waals surface area contributed by atoms with Gasteiger partial charge in [0.1, 0.15) is 11.6 Å². The summed E-state index contributed by atoms with van der Waals surface area (Å²) >= 11 is 0. The molecule has 4 N–H and O–H groups in total. The standard InChI is InChI=1S/C16H15N3O3/c20-10-6-2-1-4-8(10)12-13-9(5-3-7-11(13)21)17-15-14(12)16(22)19-18-15/h1-2,4,6,12,20H,3,5,7H2,(H3,17,18,19,22)/t12-/m1/s1. The number of hydrogen-bond donors (Lipinski definition) is 4. The fourth-order valence-electron chi connectivity index (χ4n) is 3.41. The molecule has 112 valence electrons. The van der Waals surface area contributed by atoms with Crippen molar-refractivity contribution in [2.24, 2.45) is 0 Å². The Hall–Kier alpha value is -2.76. The second kappa shape index (κ2) is 4.62. The predicted molar refractivity (Wildman–Crippen MR) is 80.9 cm³/mol. The average molecular weight is 297 g/mol. The number of benzene rings is 1. The largest absolute Gasteiger partial charge is 0.508 e. The molecular weight excluding hydrogens is 282 g/mol. The second-order valence-electron chi connectivity index (χ2n) is 5.65. The number of aromatic hydroxyl groups is 1. The molecule has 0 radical (unpaired) electrons. The quantitative estimate of drug-likeness (QED) is 0.647. The monoisotopic (exact) mass is 297 g/mol. The van der Waals surface area contributed by atoms with Gasteiger partial charge >= 0.3 is 0 Å². The summed E-state index contributed by atoms with van der Waals surface area (Å²) in [4.78, 5) is 24.7. The highest BCUT2D eigenvalue weighted by atomic mass is 16.3. The number of hydrogen-bond acceptors (Lipinski definition) is 4. The Kier molecular flexibility index (Phi) is 2.72. The molecule has 2 aromatic rings. The Morgan fingerprint density at radius 3 is 2.73 bits per heavy atom. The van der Waals surface area contributed by atoms with Crippen molar-refractivity contribution in [2.45, 2.75) is 25.2 Å². The van der Waals surface area contributed by atoms with Gasteiger partial charge in [-0.05, 0) is 18.9 Å². The lowest BCUT2D eigenvalue weighted by Crippen LogP contribution is -2.29. The van der Waals surface area contributed by atoms with Crippen molar-refractivity contribution in [1.29, 1.82) is 0 Å². The van der Waals surface area contributed by atoms with Gasteiger partial charge in [-0.25, -0.2) is 0 Å². The molecule has 0 fully saturated rings. The van der Waals surface area contributed by atoms with Crippen LogP contribution >= 0.6 is 0 Å². The Morgan fingerprint density at radius 1 is 1.09 bits per heavy atom. The molecule has 1 atom stereocenters. The highest BCUT2D eigenvalue weighted by Gasteiger charge is 2.38. The van der Waals surface area contributed by atoms with Crippen molar-refractivity contribution in [2.75, 3.05) is 5.32 Å². The van der Waals surface area contributed by atoms with Crippen molar-refractivity contribution >= 4 is 11.6 Å². The van der Waals surface area contributed by atoms with Crippen molar-refractivity contribution in [3.8, 4) is 5.75 Å². The summed E-state index contributed by atoms with van der Waals surface area (Å²) in [5.41, 5.74) is 2.20. The number of Topliss-reactive ketones (excluding diaryl/α,β-unsaturated/α-hetero) is 1. The number of aromatic nitrogens is 2. The maximum atomic E-state index is 12.5. The number of rotatable bonds is 1. The van der Waals surface area contributed by atoms with E-state index in [0.29, 0.717) is 28.9 Å². The fourth-order valence-corrected chi connectivity index (χ4v) is 3.41. The SMILES string of the molecule is O=C1CCCC2=C1[C@@H](c1ccccc1O)c1c([nH][nH]c1=O)N2. The lowest BCUT2D eigenvalue weighted by atomic mass is 9.76. The maximum Gasteiger partial charge on any atom is 0.270 e. The van der Waals surface area contributed by atoms with E-state index in [2.05, 4.69) is 15.5 Å². The fraction of sp³-hybridized carbons (Fsp3) is 0.250. The van der Waals surface area contributed by atoms with E-state index < -0.39 is 5.92 Å². The van der Waals surface area contributed by atoms with Crippen LogP contribution < -0.4 is 10.9 Å². The first-order valence-electron chi connectivity index (χ1n) is 7.28. The van der Waals surface area contributed by atoms with Crippen molar-refractivity contribution in [3.05, 3.63) is 57.0 Å². The van der Waals surface area contributed by atoms with Gasteiger partial charge in [-0.2, -0.15) is 0 Å². The van der Waals surface area contributed by atoms with Gasteiger partial charge in [-0.1, -0.05) is 18.2 Å². The molecule has 0 saturated heterocycles. The number of carbonyl (C=O) groups is 1. The van der Waals surface area contributed by atoms with Gasteiger partial charge in [0.05, 0.1) is 11.5 Å². The summed E-state index contributed by atoms with van der Waals surface area (Å²) in [6.45, 7) is 0. The molecule has 0 spiro atoms. The summed E-state index contributed by atoms with van der Waals surface area (Å²) in [6, 6.07) is 6.85. The number of ketones is 1. The van der Waals surface area contributed by atoms with Crippen molar-refractivity contribution in [1.82, 2.24) is 10.2 Å². The molecule has 1 aliphatic heterocycles. The van der Waals surface area contributed by atoms with Gasteiger partial charge in [0.25, 0.3) is 5.56 Å². The third-order valence-electron chi connectivity index (χ3n) is 4.37. The molecule has 1 aromatic heterocycles. The molecule has 2 aliphatic rings. The van der Waals surface area contributed by atoms with Crippen LogP contribution in [0.5, 0.6) is 5.75 Å². The zero-order valence-corrected chi connectivity index (χ0v) is 11.8. The normalized spacial score (nSPS) is 20.4. The Bertz CT molecular complexity index is 860. The molecule has 0 saturated carbocycles. The van der Waals surface area contributed by atoms with Gasteiger partial charge in [0.15, 0.2) is 5.78 Å². The molecule has 0 unspecified atom stereocenters. The zero-order valence-electron chi connectivity index (χ0n) is 11.8. The van der Waals surface area contributed by atoms with Crippen molar-refractivity contribution < 1.29 is 9.90 Å². The van der Waals surface area contributed by atoms with Gasteiger partial charge in [0.2, 0.25) is 0 Å². The van der Waals surface area contributed by atoms with Crippen LogP contribution in [0.15, 0.2) is 40.3 Å². The molecular formula is C16H15N3O3. The number of fused-ring (bicyclic) bond motifs is 1. The third-order valence-corrected chi connectivity index (χ3v) is 4.37. The topological polar surface area (TPSA) is 98.0 Å². The van der Waals surface area contributed by atoms with E-state index in [1.165, 1.54) is 0 Å². The number of nitrogens with one attached hydrogen (secondary N) is 3. The average Bonchev–Trinajstić information content (AvgIpc) is 2.88. The summed E-state index contributed by atoms with van der Waals surface area (Å²) in [6.07, 6.45) is 2.03. The number of carbonyl (C=O) groups excluding carboxylic acids is 1. The molecule has 6 nitrogen and oxygen atoms in total. The van der Waals surface area contributed by atoms with E-state index in [9.17, 15) is 14.7 Å². The van der Waals surface area contributed by atoms with E-state index in [4.69, 9.17) is 0 Å². The first-order chi connectivity index (χ1) is 10.7. The molecule has 0 amide bonds. The smallest absolute Gasteiger partial charge is 0.270 e. The molecule has 1 aromatic carbocycles. The van der Waals surface area contributed by atoms with Gasteiger partial charge in [-0.15, -0.1) is 0 Å². The minimum atomic E-state index is -0.532. The lowest BCUT2D eigenvalue weighted by Gasteiger charge is -2.31. The predicted octanol–water partition coefficient (Wildman–Crippen LogP) is 1.97. The summed E-state index contributed by atoms with van der Waals surface area (Å²) in [7, 11) is 0. The number of aromatic amines is 2. The Morgan fingerprint density at radius 2 is 1.91 bits per heavy atom. The minimum absolute atomic E-state index is 0.0354. The third kappa shape index (κ3) is 1.73. The van der Waals surface area contributed by atoms with E-state index >= 15 is 0 Å². The Balaban J connectivity index is 2.01. The molecule has 4 rings (SSSR count). The maximum absolute atomic E-state index is 12.5. The summed E-state index contributed by atoms with van der Waals surface area (Å²) < 4.78 is 0. The number of para-hydroxylation sites is 1.